The van der Waals surface area contributed by atoms with Crippen LogP contribution in [-0.4, -0.2) is 48.1 Å². The van der Waals surface area contributed by atoms with E-state index in [1.807, 2.05) is 6.92 Å². The maximum absolute atomic E-state index is 12.9. The molecule has 2 atom stereocenters. The second-order valence-electron chi connectivity index (χ2n) is 6.46. The minimum absolute atomic E-state index is 0.112. The van der Waals surface area contributed by atoms with Gasteiger partial charge in [0.1, 0.15) is 6.54 Å². The van der Waals surface area contributed by atoms with Gasteiger partial charge < -0.3 is 4.74 Å². The van der Waals surface area contributed by atoms with Crippen molar-refractivity contribution in [3.05, 3.63) is 47.8 Å². The Balaban J connectivity index is 1.81. The second-order valence-corrected chi connectivity index (χ2v) is 8.40. The zero-order valence-electron chi connectivity index (χ0n) is 14.5. The zero-order chi connectivity index (χ0) is 18.9. The van der Waals surface area contributed by atoms with Crippen molar-refractivity contribution in [1.82, 2.24) is 14.1 Å². The number of hydrogen-bond acceptors (Lipinski definition) is 4. The molecule has 0 saturated carbocycles. The van der Waals surface area contributed by atoms with Crippen LogP contribution in [0, 0.1) is 6.92 Å². The Morgan fingerprint density at radius 3 is 2.62 bits per heavy atom. The van der Waals surface area contributed by atoms with Gasteiger partial charge in [-0.25, -0.2) is 17.2 Å². The molecule has 2 aromatic rings. The van der Waals surface area contributed by atoms with E-state index < -0.39 is 29.1 Å². The van der Waals surface area contributed by atoms with Gasteiger partial charge in [0, 0.05) is 24.8 Å². The van der Waals surface area contributed by atoms with E-state index in [-0.39, 0.29) is 24.1 Å². The molecule has 1 aromatic heterocycles. The Morgan fingerprint density at radius 1 is 1.27 bits per heavy atom. The number of aromatic nitrogens is 2. The van der Waals surface area contributed by atoms with E-state index in [9.17, 15) is 17.2 Å². The third-order valence-corrected chi connectivity index (χ3v) is 6.08. The van der Waals surface area contributed by atoms with Crippen molar-refractivity contribution < 1.29 is 21.9 Å². The molecule has 1 fully saturated rings. The van der Waals surface area contributed by atoms with E-state index >= 15 is 0 Å². The lowest BCUT2D eigenvalue weighted by Gasteiger charge is -2.35. The van der Waals surface area contributed by atoms with Crippen LogP contribution < -0.4 is 0 Å². The molecule has 1 aliphatic heterocycles. The average Bonchev–Trinajstić information content (AvgIpc) is 3.02. The van der Waals surface area contributed by atoms with Gasteiger partial charge in [0.25, 0.3) is 6.43 Å². The Kier molecular flexibility index (Phi) is 5.40. The van der Waals surface area contributed by atoms with Crippen molar-refractivity contribution in [2.45, 2.75) is 43.9 Å². The first-order valence-corrected chi connectivity index (χ1v) is 9.72. The minimum Gasteiger partial charge on any atom is -0.368 e. The van der Waals surface area contributed by atoms with Crippen LogP contribution in [0.15, 0.2) is 41.6 Å². The molecule has 0 radical (unpaired) electrons. The van der Waals surface area contributed by atoms with E-state index in [0.29, 0.717) is 5.56 Å². The molecule has 0 bridgehead atoms. The normalized spacial score (nSPS) is 22.0. The molecule has 0 amide bonds. The number of hydrogen-bond donors (Lipinski definition) is 0. The van der Waals surface area contributed by atoms with E-state index in [0.717, 1.165) is 10.2 Å². The van der Waals surface area contributed by atoms with Crippen LogP contribution in [-0.2, 0) is 21.3 Å². The molecular weight excluding hydrogens is 364 g/mol. The van der Waals surface area contributed by atoms with Gasteiger partial charge in [0.15, 0.2) is 0 Å². The highest BCUT2D eigenvalue weighted by atomic mass is 32.2. The summed E-state index contributed by atoms with van der Waals surface area (Å²) >= 11 is 0. The fourth-order valence-electron chi connectivity index (χ4n) is 2.94. The molecule has 26 heavy (non-hydrogen) atoms. The Bertz CT molecular complexity index is 852. The fourth-order valence-corrected chi connectivity index (χ4v) is 4.46. The van der Waals surface area contributed by atoms with E-state index in [1.165, 1.54) is 16.7 Å². The van der Waals surface area contributed by atoms with Crippen LogP contribution in [0.5, 0.6) is 0 Å². The maximum atomic E-state index is 12.9. The average molecular weight is 385 g/mol. The van der Waals surface area contributed by atoms with Gasteiger partial charge in [-0.05, 0) is 26.0 Å². The van der Waals surface area contributed by atoms with Crippen LogP contribution in [0.4, 0.5) is 8.78 Å². The molecule has 3 rings (SSSR count). The molecule has 1 aliphatic rings. The molecule has 0 spiro atoms. The largest absolute Gasteiger partial charge is 0.368 e. The summed E-state index contributed by atoms with van der Waals surface area (Å²) in [6, 6.07) is 6.67. The Morgan fingerprint density at radius 2 is 1.96 bits per heavy atom. The molecule has 142 valence electrons. The lowest BCUT2D eigenvalue weighted by Crippen LogP contribution is -2.45. The van der Waals surface area contributed by atoms with Gasteiger partial charge in [-0.3, -0.25) is 4.68 Å². The number of sulfonamides is 1. The summed E-state index contributed by atoms with van der Waals surface area (Å²) < 4.78 is 59.2. The lowest BCUT2D eigenvalue weighted by molar-refractivity contribution is -0.0557. The summed E-state index contributed by atoms with van der Waals surface area (Å²) in [7, 11) is -3.66. The van der Waals surface area contributed by atoms with Crippen molar-refractivity contribution in [1.29, 1.82) is 0 Å². The standard InChI is InChI=1S/C17H21F2N3O3S/c1-12-3-5-15(6-4-12)26(23,24)22-8-13(2)25-16(10-22)14-7-20-21(9-14)11-17(18)19/h3-7,9,13,16-17H,8,10-11H2,1-2H3. The first-order valence-electron chi connectivity index (χ1n) is 8.28. The molecule has 2 unspecified atom stereocenters. The molecule has 1 aromatic carbocycles. The molecule has 0 N–H and O–H groups in total. The zero-order valence-corrected chi connectivity index (χ0v) is 15.4. The van der Waals surface area contributed by atoms with Gasteiger partial charge in [0.2, 0.25) is 10.0 Å². The van der Waals surface area contributed by atoms with Gasteiger partial charge in [-0.2, -0.15) is 9.40 Å². The highest BCUT2D eigenvalue weighted by molar-refractivity contribution is 7.89. The fraction of sp³-hybridized carbons (Fsp3) is 0.471. The predicted molar refractivity (Wildman–Crippen MR) is 91.5 cm³/mol. The monoisotopic (exact) mass is 385 g/mol. The first kappa shape index (κ1) is 18.9. The van der Waals surface area contributed by atoms with Crippen LogP contribution >= 0.6 is 0 Å². The summed E-state index contributed by atoms with van der Waals surface area (Å²) in [5, 5.41) is 3.90. The number of aryl methyl sites for hydroxylation is 1. The number of morpholine rings is 1. The van der Waals surface area contributed by atoms with Gasteiger partial charge >= 0.3 is 0 Å². The van der Waals surface area contributed by atoms with Crippen molar-refractivity contribution in [2.75, 3.05) is 13.1 Å². The van der Waals surface area contributed by atoms with Crippen LogP contribution in [0.1, 0.15) is 24.2 Å². The van der Waals surface area contributed by atoms with E-state index in [2.05, 4.69) is 5.10 Å². The SMILES string of the molecule is Cc1ccc(S(=O)(=O)N2CC(C)OC(c3cnn(CC(F)F)c3)C2)cc1. The van der Waals surface area contributed by atoms with Gasteiger partial charge in [-0.15, -0.1) is 0 Å². The third-order valence-electron chi connectivity index (χ3n) is 4.24. The van der Waals surface area contributed by atoms with Crippen LogP contribution in [0.2, 0.25) is 0 Å². The Hall–Kier alpha value is -1.84. The highest BCUT2D eigenvalue weighted by Gasteiger charge is 2.35. The maximum Gasteiger partial charge on any atom is 0.257 e. The summed E-state index contributed by atoms with van der Waals surface area (Å²) in [6.07, 6.45) is -0.460. The van der Waals surface area contributed by atoms with E-state index in [1.54, 1.807) is 31.2 Å². The number of alkyl halides is 2. The van der Waals surface area contributed by atoms with Gasteiger partial charge in [0.05, 0.1) is 23.3 Å². The van der Waals surface area contributed by atoms with Crippen LogP contribution in [0.25, 0.3) is 0 Å². The topological polar surface area (TPSA) is 64.4 Å². The predicted octanol–water partition coefficient (Wildman–Crippen LogP) is 2.61. The summed E-state index contributed by atoms with van der Waals surface area (Å²) in [6.45, 7) is 3.51. The smallest absolute Gasteiger partial charge is 0.257 e. The number of halogens is 2. The lowest BCUT2D eigenvalue weighted by atomic mass is 10.1. The second kappa shape index (κ2) is 7.42. The molecule has 0 aliphatic carbocycles. The van der Waals surface area contributed by atoms with Crippen molar-refractivity contribution in [3.8, 4) is 0 Å². The summed E-state index contributed by atoms with van der Waals surface area (Å²) in [5.74, 6) is 0. The number of ether oxygens (including phenoxy) is 1. The quantitative estimate of drug-likeness (QED) is 0.794. The van der Waals surface area contributed by atoms with Crippen molar-refractivity contribution >= 4 is 10.0 Å². The molecule has 2 heterocycles. The summed E-state index contributed by atoms with van der Waals surface area (Å²) in [5.41, 5.74) is 1.56. The summed E-state index contributed by atoms with van der Waals surface area (Å²) in [4.78, 5) is 0.226. The number of benzene rings is 1. The molecule has 9 heteroatoms. The third kappa shape index (κ3) is 4.11. The molecule has 1 saturated heterocycles. The first-order chi connectivity index (χ1) is 12.3. The van der Waals surface area contributed by atoms with Gasteiger partial charge in [-0.1, -0.05) is 17.7 Å². The molecule has 6 nitrogen and oxygen atoms in total. The van der Waals surface area contributed by atoms with E-state index in [4.69, 9.17) is 4.74 Å². The number of rotatable bonds is 5. The highest BCUT2D eigenvalue weighted by Crippen LogP contribution is 2.29. The number of nitrogens with zero attached hydrogens (tertiary/aromatic N) is 3. The Labute approximate surface area is 151 Å². The molecular formula is C17H21F2N3O3S. The van der Waals surface area contributed by atoms with Crippen molar-refractivity contribution in [3.63, 3.8) is 0 Å². The van der Waals surface area contributed by atoms with Crippen molar-refractivity contribution in [2.24, 2.45) is 0 Å². The minimum atomic E-state index is -3.66. The van der Waals surface area contributed by atoms with Crippen LogP contribution in [0.3, 0.4) is 0 Å².